The molecule has 0 radical (unpaired) electrons. The molecule has 0 fully saturated rings. The van der Waals surface area contributed by atoms with Crippen LogP contribution in [0.15, 0.2) is 49.0 Å². The van der Waals surface area contributed by atoms with E-state index < -0.39 is 0 Å². The third-order valence-corrected chi connectivity index (χ3v) is 3.89. The Morgan fingerprint density at radius 2 is 1.63 bits per heavy atom. The molecule has 0 amide bonds. The predicted octanol–water partition coefficient (Wildman–Crippen LogP) is 5.51. The van der Waals surface area contributed by atoms with Gasteiger partial charge in [0.1, 0.15) is 0 Å². The number of hydrogen-bond acceptors (Lipinski definition) is 0. The summed E-state index contributed by atoms with van der Waals surface area (Å²) in [6, 6.07) is 15.4. The number of rotatable bonds is 2. The second kappa shape index (κ2) is 4.55. The van der Waals surface area contributed by atoms with Crippen molar-refractivity contribution < 1.29 is 0 Å². The van der Waals surface area contributed by atoms with Gasteiger partial charge in [-0.05, 0) is 46.0 Å². The Bertz CT molecular complexity index is 779. The van der Waals surface area contributed by atoms with Gasteiger partial charge in [-0.3, -0.25) is 0 Å². The molecule has 0 nitrogen and oxygen atoms in total. The Labute approximate surface area is 114 Å². The lowest BCUT2D eigenvalue weighted by Crippen LogP contribution is -1.92. The van der Waals surface area contributed by atoms with Gasteiger partial charge in [0.05, 0.1) is 0 Å². The zero-order chi connectivity index (χ0) is 13.4. The molecule has 0 bridgehead atoms. The van der Waals surface area contributed by atoms with Gasteiger partial charge in [-0.2, -0.15) is 0 Å². The zero-order valence-corrected chi connectivity index (χ0v) is 11.5. The molecule has 0 aliphatic carbocycles. The fourth-order valence-corrected chi connectivity index (χ4v) is 3.02. The highest BCUT2D eigenvalue weighted by Crippen LogP contribution is 2.34. The van der Waals surface area contributed by atoms with Gasteiger partial charge in [-0.15, -0.1) is 0 Å². The molecule has 0 aliphatic rings. The van der Waals surface area contributed by atoms with Crippen LogP contribution in [0.2, 0.25) is 0 Å². The van der Waals surface area contributed by atoms with E-state index in [0.29, 0.717) is 0 Å². The van der Waals surface area contributed by atoms with Crippen LogP contribution in [-0.4, -0.2) is 0 Å². The molecule has 3 aromatic carbocycles. The minimum Gasteiger partial charge on any atom is -0.0984 e. The molecule has 0 unspecified atom stereocenters. The summed E-state index contributed by atoms with van der Waals surface area (Å²) in [7, 11) is 0. The van der Waals surface area contributed by atoms with E-state index in [9.17, 15) is 0 Å². The van der Waals surface area contributed by atoms with E-state index in [0.717, 1.165) is 6.42 Å². The molecule has 0 spiro atoms. The van der Waals surface area contributed by atoms with Crippen molar-refractivity contribution in [3.8, 4) is 0 Å². The van der Waals surface area contributed by atoms with Crippen LogP contribution >= 0.6 is 0 Å². The molecule has 0 aliphatic heterocycles. The quantitative estimate of drug-likeness (QED) is 0.523. The first-order valence-corrected chi connectivity index (χ1v) is 6.82. The van der Waals surface area contributed by atoms with E-state index in [1.165, 1.54) is 38.2 Å². The van der Waals surface area contributed by atoms with Gasteiger partial charge in [0, 0.05) is 0 Å². The minimum atomic E-state index is 1.03. The van der Waals surface area contributed by atoms with Crippen LogP contribution in [0.1, 0.15) is 23.6 Å². The minimum absolute atomic E-state index is 1.03. The van der Waals surface area contributed by atoms with Crippen molar-refractivity contribution in [2.75, 3.05) is 0 Å². The Balaban J connectivity index is 2.64. The van der Waals surface area contributed by atoms with Crippen molar-refractivity contribution in [2.45, 2.75) is 20.3 Å². The fraction of sp³-hybridized carbons (Fsp3) is 0.158. The lowest BCUT2D eigenvalue weighted by molar-refractivity contribution is 1.16. The molecular formula is C19H18. The summed E-state index contributed by atoms with van der Waals surface area (Å²) in [5.74, 6) is 0. The molecule has 3 rings (SSSR count). The molecule has 3 aromatic rings. The van der Waals surface area contributed by atoms with Gasteiger partial charge >= 0.3 is 0 Å². The summed E-state index contributed by atoms with van der Waals surface area (Å²) in [6.07, 6.45) is 3.04. The molecule has 0 heterocycles. The van der Waals surface area contributed by atoms with Crippen LogP contribution in [0.5, 0.6) is 0 Å². The van der Waals surface area contributed by atoms with Crippen LogP contribution in [0.25, 0.3) is 27.6 Å². The van der Waals surface area contributed by atoms with Crippen LogP contribution < -0.4 is 0 Å². The van der Waals surface area contributed by atoms with Crippen LogP contribution in [0.3, 0.4) is 0 Å². The Hall–Kier alpha value is -2.08. The normalized spacial score (nSPS) is 11.1. The highest BCUT2D eigenvalue weighted by molar-refractivity contribution is 6.12. The fourth-order valence-electron chi connectivity index (χ4n) is 3.02. The SMILES string of the molecule is C=Cc1c(CC)c2ccccc2c2ccc(C)cc12. The van der Waals surface area contributed by atoms with Crippen molar-refractivity contribution in [3.63, 3.8) is 0 Å². The topological polar surface area (TPSA) is 0 Å². The van der Waals surface area contributed by atoms with E-state index in [1.807, 2.05) is 6.08 Å². The average molecular weight is 246 g/mol. The predicted molar refractivity (Wildman–Crippen MR) is 85.7 cm³/mol. The van der Waals surface area contributed by atoms with Gasteiger partial charge in [0.25, 0.3) is 0 Å². The molecule has 0 saturated heterocycles. The Morgan fingerprint density at radius 3 is 2.32 bits per heavy atom. The molecule has 19 heavy (non-hydrogen) atoms. The Morgan fingerprint density at radius 1 is 0.947 bits per heavy atom. The summed E-state index contributed by atoms with van der Waals surface area (Å²) in [5, 5.41) is 5.36. The summed E-state index contributed by atoms with van der Waals surface area (Å²) in [5.41, 5.74) is 4.00. The van der Waals surface area contributed by atoms with Gasteiger partial charge < -0.3 is 0 Å². The standard InChI is InChI=1S/C19H18/c1-4-14-15(5-2)19-12-13(3)10-11-18(19)17-9-7-6-8-16(14)17/h5-12H,2,4H2,1,3H3. The van der Waals surface area contributed by atoms with E-state index in [-0.39, 0.29) is 0 Å². The average Bonchev–Trinajstić information content (AvgIpc) is 2.45. The summed E-state index contributed by atoms with van der Waals surface area (Å²) in [6.45, 7) is 8.39. The number of aryl methyl sites for hydroxylation is 2. The molecule has 0 N–H and O–H groups in total. The monoisotopic (exact) mass is 246 g/mol. The smallest absolute Gasteiger partial charge is 0.00990 e. The molecule has 0 heteroatoms. The second-order valence-corrected chi connectivity index (χ2v) is 5.04. The highest BCUT2D eigenvalue weighted by Gasteiger charge is 2.10. The maximum absolute atomic E-state index is 4.03. The van der Waals surface area contributed by atoms with E-state index >= 15 is 0 Å². The Kier molecular flexibility index (Phi) is 2.87. The molecule has 0 aromatic heterocycles. The van der Waals surface area contributed by atoms with Crippen molar-refractivity contribution in [1.29, 1.82) is 0 Å². The van der Waals surface area contributed by atoms with E-state index in [2.05, 4.69) is 62.9 Å². The number of hydrogen-bond donors (Lipinski definition) is 0. The number of fused-ring (bicyclic) bond motifs is 3. The van der Waals surface area contributed by atoms with Crippen molar-refractivity contribution in [3.05, 3.63) is 65.7 Å². The van der Waals surface area contributed by atoms with E-state index in [4.69, 9.17) is 0 Å². The number of benzene rings is 3. The maximum atomic E-state index is 4.03. The largest absolute Gasteiger partial charge is 0.0984 e. The van der Waals surface area contributed by atoms with Crippen LogP contribution in [0, 0.1) is 6.92 Å². The lowest BCUT2D eigenvalue weighted by atomic mass is 9.90. The zero-order valence-electron chi connectivity index (χ0n) is 11.5. The van der Waals surface area contributed by atoms with Gasteiger partial charge in [0.15, 0.2) is 0 Å². The van der Waals surface area contributed by atoms with Crippen LogP contribution in [-0.2, 0) is 6.42 Å². The van der Waals surface area contributed by atoms with Gasteiger partial charge in [0.2, 0.25) is 0 Å². The van der Waals surface area contributed by atoms with Crippen LogP contribution in [0.4, 0.5) is 0 Å². The first-order chi connectivity index (χ1) is 9.26. The lowest BCUT2D eigenvalue weighted by Gasteiger charge is -2.14. The first-order valence-electron chi connectivity index (χ1n) is 6.82. The summed E-state index contributed by atoms with van der Waals surface area (Å²) in [4.78, 5) is 0. The molecule has 94 valence electrons. The molecule has 0 saturated carbocycles. The second-order valence-electron chi connectivity index (χ2n) is 5.04. The molecule has 0 atom stereocenters. The summed E-state index contributed by atoms with van der Waals surface area (Å²) < 4.78 is 0. The van der Waals surface area contributed by atoms with Crippen molar-refractivity contribution in [2.24, 2.45) is 0 Å². The highest BCUT2D eigenvalue weighted by atomic mass is 14.1. The van der Waals surface area contributed by atoms with Gasteiger partial charge in [-0.25, -0.2) is 0 Å². The first kappa shape index (κ1) is 12.0. The van der Waals surface area contributed by atoms with Crippen molar-refractivity contribution in [1.82, 2.24) is 0 Å². The third-order valence-electron chi connectivity index (χ3n) is 3.89. The van der Waals surface area contributed by atoms with Crippen molar-refractivity contribution >= 4 is 27.6 Å². The maximum Gasteiger partial charge on any atom is -0.00990 e. The van der Waals surface area contributed by atoms with Gasteiger partial charge in [-0.1, -0.05) is 67.6 Å². The molecular weight excluding hydrogens is 228 g/mol. The third kappa shape index (κ3) is 1.76. The van der Waals surface area contributed by atoms with E-state index in [1.54, 1.807) is 0 Å². The summed E-state index contributed by atoms with van der Waals surface area (Å²) >= 11 is 0.